The van der Waals surface area contributed by atoms with Gasteiger partial charge in [0.2, 0.25) is 0 Å². The van der Waals surface area contributed by atoms with E-state index < -0.39 is 0 Å². The number of benzene rings is 1. The Morgan fingerprint density at radius 2 is 2.06 bits per heavy atom. The Hall–Kier alpha value is -3.39. The molecule has 3 aromatic rings. The molecule has 0 bridgehead atoms. The van der Waals surface area contributed by atoms with E-state index in [1.165, 1.54) is 0 Å². The van der Waals surface area contributed by atoms with E-state index in [2.05, 4.69) is 20.2 Å². The first-order valence-electron chi connectivity index (χ1n) is 11.4. The van der Waals surface area contributed by atoms with E-state index in [0.29, 0.717) is 36.2 Å². The fraction of sp³-hybridized carbons (Fsp3) is 0.400. The van der Waals surface area contributed by atoms with Crippen LogP contribution in [0.2, 0.25) is 0 Å². The van der Waals surface area contributed by atoms with Gasteiger partial charge in [-0.05, 0) is 62.2 Å². The lowest BCUT2D eigenvalue weighted by Crippen LogP contribution is -2.45. The van der Waals surface area contributed by atoms with Crippen LogP contribution in [0.25, 0.3) is 10.9 Å². The molecule has 0 radical (unpaired) electrons. The molecule has 172 valence electrons. The monoisotopic (exact) mass is 448 g/mol. The van der Waals surface area contributed by atoms with E-state index in [1.54, 1.807) is 25.3 Å². The fourth-order valence-electron chi connectivity index (χ4n) is 4.54. The summed E-state index contributed by atoms with van der Waals surface area (Å²) in [5, 5.41) is 3.89. The molecule has 1 saturated heterocycles. The number of nitrogens with one attached hydrogen (secondary N) is 2. The van der Waals surface area contributed by atoms with Crippen molar-refractivity contribution in [1.29, 1.82) is 0 Å². The Kier molecular flexibility index (Phi) is 6.00. The number of amides is 1. The van der Waals surface area contributed by atoms with Crippen LogP contribution in [0.15, 0.2) is 42.6 Å². The van der Waals surface area contributed by atoms with E-state index in [9.17, 15) is 9.59 Å². The van der Waals surface area contributed by atoms with Crippen LogP contribution in [0, 0.1) is 5.92 Å². The Morgan fingerprint density at radius 3 is 2.82 bits per heavy atom. The largest absolute Gasteiger partial charge is 0.486 e. The van der Waals surface area contributed by atoms with Gasteiger partial charge in [-0.25, -0.2) is 0 Å². The summed E-state index contributed by atoms with van der Waals surface area (Å²) in [6.45, 7) is 5.42. The predicted molar refractivity (Wildman–Crippen MR) is 124 cm³/mol. The number of Topliss-reactive ketones (excluding diaryl/α,β-unsaturated/α-hetero) is 1. The smallest absolute Gasteiger partial charge is 0.269 e. The number of piperidine rings is 1. The zero-order chi connectivity index (χ0) is 22.8. The standard InChI is InChI=1S/C25H28N4O4/c1-16(30)22-12-19-20(28-22)5-6-23-24(19)33-18(15-32-23)14-29-10-7-17(8-11-29)13-27-25(31)21-4-2-3-9-26-21/h2-6,9,12,17-18,28H,7-8,10-11,13-15H2,1H3,(H,27,31). The van der Waals surface area contributed by atoms with E-state index in [-0.39, 0.29) is 17.8 Å². The van der Waals surface area contributed by atoms with Crippen LogP contribution in [-0.4, -0.2) is 65.4 Å². The number of nitrogens with zero attached hydrogens (tertiary/aromatic N) is 2. The molecule has 8 heteroatoms. The minimum Gasteiger partial charge on any atom is -0.486 e. The molecule has 5 rings (SSSR count). The number of ketones is 1. The number of pyridine rings is 1. The molecule has 2 N–H and O–H groups in total. The van der Waals surface area contributed by atoms with Crippen LogP contribution in [-0.2, 0) is 0 Å². The van der Waals surface area contributed by atoms with Gasteiger partial charge in [0.25, 0.3) is 5.91 Å². The maximum Gasteiger partial charge on any atom is 0.269 e. The van der Waals surface area contributed by atoms with Crippen molar-refractivity contribution in [2.45, 2.75) is 25.9 Å². The van der Waals surface area contributed by atoms with Crippen molar-refractivity contribution >= 4 is 22.6 Å². The Labute approximate surface area is 192 Å². The van der Waals surface area contributed by atoms with Gasteiger partial charge in [-0.15, -0.1) is 0 Å². The van der Waals surface area contributed by atoms with Crippen molar-refractivity contribution in [2.24, 2.45) is 5.92 Å². The molecule has 2 aliphatic rings. The van der Waals surface area contributed by atoms with E-state index in [4.69, 9.17) is 9.47 Å². The minimum atomic E-state index is -0.117. The normalized spacial score (nSPS) is 18.9. The third-order valence-corrected chi connectivity index (χ3v) is 6.42. The number of hydrogen-bond donors (Lipinski definition) is 2. The molecule has 33 heavy (non-hydrogen) atoms. The van der Waals surface area contributed by atoms with Crippen molar-refractivity contribution < 1.29 is 19.1 Å². The van der Waals surface area contributed by atoms with Gasteiger partial charge < -0.3 is 19.8 Å². The molecule has 4 heterocycles. The predicted octanol–water partition coefficient (Wildman–Crippen LogP) is 3.05. The summed E-state index contributed by atoms with van der Waals surface area (Å²) in [6, 6.07) is 11.0. The first kappa shape index (κ1) is 21.5. The first-order chi connectivity index (χ1) is 16.1. The van der Waals surface area contributed by atoms with Gasteiger partial charge in [-0.3, -0.25) is 19.5 Å². The molecule has 0 aliphatic carbocycles. The SMILES string of the molecule is CC(=O)c1cc2c3c(ccc2[nH]1)OCC(CN1CCC(CNC(=O)c2ccccn2)CC1)O3. The summed E-state index contributed by atoms with van der Waals surface area (Å²) >= 11 is 0. The zero-order valence-corrected chi connectivity index (χ0v) is 18.7. The maximum absolute atomic E-state index is 12.2. The van der Waals surface area contributed by atoms with Crippen molar-refractivity contribution in [2.75, 3.05) is 32.8 Å². The molecule has 2 aromatic heterocycles. The average Bonchev–Trinajstić information content (AvgIpc) is 3.29. The van der Waals surface area contributed by atoms with E-state index in [1.807, 2.05) is 24.3 Å². The summed E-state index contributed by atoms with van der Waals surface area (Å²) in [7, 11) is 0. The highest BCUT2D eigenvalue weighted by Gasteiger charge is 2.28. The molecule has 8 nitrogen and oxygen atoms in total. The number of likely N-dealkylation sites (tertiary alicyclic amines) is 1. The van der Waals surface area contributed by atoms with Gasteiger partial charge >= 0.3 is 0 Å². The van der Waals surface area contributed by atoms with Gasteiger partial charge in [0.15, 0.2) is 17.3 Å². The first-order valence-corrected chi connectivity index (χ1v) is 11.4. The van der Waals surface area contributed by atoms with Crippen molar-refractivity contribution in [3.05, 3.63) is 54.0 Å². The Morgan fingerprint density at radius 1 is 1.21 bits per heavy atom. The van der Waals surface area contributed by atoms with Crippen LogP contribution >= 0.6 is 0 Å². The third-order valence-electron chi connectivity index (χ3n) is 6.42. The molecular formula is C25H28N4O4. The van der Waals surface area contributed by atoms with Crippen LogP contribution in [0.1, 0.15) is 40.7 Å². The molecule has 1 atom stereocenters. The van der Waals surface area contributed by atoms with Crippen LogP contribution in [0.4, 0.5) is 0 Å². The van der Waals surface area contributed by atoms with Crippen molar-refractivity contribution in [1.82, 2.24) is 20.2 Å². The second kappa shape index (κ2) is 9.23. The summed E-state index contributed by atoms with van der Waals surface area (Å²) in [5.74, 6) is 1.76. The maximum atomic E-state index is 12.2. The molecular weight excluding hydrogens is 420 g/mol. The highest BCUT2D eigenvalue weighted by molar-refractivity contribution is 6.00. The second-order valence-corrected chi connectivity index (χ2v) is 8.81. The van der Waals surface area contributed by atoms with E-state index >= 15 is 0 Å². The van der Waals surface area contributed by atoms with Gasteiger partial charge in [-0.2, -0.15) is 0 Å². The lowest BCUT2D eigenvalue weighted by molar-refractivity contribution is 0.0490. The van der Waals surface area contributed by atoms with Crippen molar-refractivity contribution in [3.8, 4) is 11.5 Å². The lowest BCUT2D eigenvalue weighted by atomic mass is 9.96. The number of carbonyl (C=O) groups is 2. The third kappa shape index (κ3) is 4.71. The highest BCUT2D eigenvalue weighted by Crippen LogP contribution is 2.39. The number of rotatable bonds is 6. The number of fused-ring (bicyclic) bond motifs is 3. The molecule has 1 amide bonds. The number of aromatic nitrogens is 2. The number of carbonyl (C=O) groups excluding carboxylic acids is 2. The summed E-state index contributed by atoms with van der Waals surface area (Å²) in [6.07, 6.45) is 3.61. The fourth-order valence-corrected chi connectivity index (χ4v) is 4.54. The average molecular weight is 449 g/mol. The number of ether oxygens (including phenoxy) is 2. The number of hydrogen-bond acceptors (Lipinski definition) is 6. The molecule has 0 spiro atoms. The van der Waals surface area contributed by atoms with Crippen LogP contribution in [0.5, 0.6) is 11.5 Å². The highest BCUT2D eigenvalue weighted by atomic mass is 16.6. The van der Waals surface area contributed by atoms with Crippen molar-refractivity contribution in [3.63, 3.8) is 0 Å². The number of aromatic amines is 1. The minimum absolute atomic E-state index is 0.00711. The molecule has 0 saturated carbocycles. The van der Waals surface area contributed by atoms with Gasteiger partial charge in [0.1, 0.15) is 18.4 Å². The zero-order valence-electron chi connectivity index (χ0n) is 18.7. The van der Waals surface area contributed by atoms with Gasteiger partial charge in [-0.1, -0.05) is 6.07 Å². The Balaban J connectivity index is 1.13. The summed E-state index contributed by atoms with van der Waals surface area (Å²) in [5.41, 5.74) is 1.90. The second-order valence-electron chi connectivity index (χ2n) is 8.81. The quantitative estimate of drug-likeness (QED) is 0.563. The molecule has 2 aliphatic heterocycles. The lowest BCUT2D eigenvalue weighted by Gasteiger charge is -2.35. The van der Waals surface area contributed by atoms with Crippen LogP contribution in [0.3, 0.4) is 0 Å². The van der Waals surface area contributed by atoms with Gasteiger partial charge in [0, 0.05) is 37.1 Å². The topological polar surface area (TPSA) is 96.6 Å². The Bertz CT molecular complexity index is 1150. The number of H-pyrrole nitrogens is 1. The van der Waals surface area contributed by atoms with Gasteiger partial charge in [0.05, 0.1) is 5.69 Å². The molecule has 1 aromatic carbocycles. The summed E-state index contributed by atoms with van der Waals surface area (Å²) < 4.78 is 12.3. The molecule has 1 unspecified atom stereocenters. The van der Waals surface area contributed by atoms with Crippen LogP contribution < -0.4 is 14.8 Å². The molecule has 1 fully saturated rings. The van der Waals surface area contributed by atoms with E-state index in [0.717, 1.165) is 49.1 Å². The summed E-state index contributed by atoms with van der Waals surface area (Å²) in [4.78, 5) is 33.6.